The molecule has 1 aromatic heterocycles. The molecule has 0 aromatic carbocycles. The zero-order chi connectivity index (χ0) is 9.10. The van der Waals surface area contributed by atoms with Crippen molar-refractivity contribution in [1.82, 2.24) is 15.3 Å². The molecule has 2 rings (SSSR count). The van der Waals surface area contributed by atoms with Crippen molar-refractivity contribution in [3.8, 4) is 0 Å². The van der Waals surface area contributed by atoms with E-state index in [0.717, 1.165) is 31.2 Å². The summed E-state index contributed by atoms with van der Waals surface area (Å²) in [6.45, 7) is 4.07. The van der Waals surface area contributed by atoms with Crippen LogP contribution in [0.25, 0.3) is 0 Å². The predicted octanol–water partition coefficient (Wildman–Crippen LogP) is 0.559. The third kappa shape index (κ3) is 2.15. The van der Waals surface area contributed by atoms with Gasteiger partial charge in [-0.2, -0.15) is 0 Å². The molecule has 1 saturated heterocycles. The predicted molar refractivity (Wildman–Crippen MR) is 51.7 cm³/mol. The first-order valence-corrected chi connectivity index (χ1v) is 4.61. The third-order valence-corrected chi connectivity index (χ3v) is 2.19. The van der Waals surface area contributed by atoms with E-state index in [1.165, 1.54) is 0 Å². The Morgan fingerprint density at radius 2 is 2.54 bits per heavy atom. The maximum absolute atomic E-state index is 4.29. The maximum atomic E-state index is 4.29. The Kier molecular flexibility index (Phi) is 2.40. The van der Waals surface area contributed by atoms with Crippen molar-refractivity contribution in [1.29, 1.82) is 0 Å². The van der Waals surface area contributed by atoms with Crippen LogP contribution in [0.5, 0.6) is 0 Å². The molecule has 0 unspecified atom stereocenters. The van der Waals surface area contributed by atoms with Crippen LogP contribution in [0.15, 0.2) is 12.3 Å². The van der Waals surface area contributed by atoms with Crippen LogP contribution in [0, 0.1) is 6.92 Å². The summed E-state index contributed by atoms with van der Waals surface area (Å²) in [5.41, 5.74) is 1.00. The van der Waals surface area contributed by atoms with Gasteiger partial charge in [-0.1, -0.05) is 0 Å². The molecule has 0 radical (unpaired) electrons. The largest absolute Gasteiger partial charge is 0.350 e. The van der Waals surface area contributed by atoms with Gasteiger partial charge in [0.15, 0.2) is 0 Å². The van der Waals surface area contributed by atoms with E-state index in [-0.39, 0.29) is 0 Å². The minimum atomic E-state index is 0.488. The van der Waals surface area contributed by atoms with E-state index < -0.39 is 0 Å². The van der Waals surface area contributed by atoms with Crippen LogP contribution in [-0.2, 0) is 0 Å². The first-order valence-electron chi connectivity index (χ1n) is 4.61. The molecule has 1 aliphatic heterocycles. The van der Waals surface area contributed by atoms with E-state index in [4.69, 9.17) is 0 Å². The Morgan fingerprint density at radius 1 is 1.62 bits per heavy atom. The van der Waals surface area contributed by atoms with Gasteiger partial charge in [0.1, 0.15) is 0 Å². The smallest absolute Gasteiger partial charge is 0.223 e. The quantitative estimate of drug-likeness (QED) is 0.694. The number of aryl methyl sites for hydroxylation is 1. The van der Waals surface area contributed by atoms with Crippen molar-refractivity contribution in [2.24, 2.45) is 0 Å². The van der Waals surface area contributed by atoms with Crippen molar-refractivity contribution >= 4 is 5.95 Å². The van der Waals surface area contributed by atoms with Gasteiger partial charge in [-0.05, 0) is 26.0 Å². The van der Waals surface area contributed by atoms with E-state index in [2.05, 4.69) is 20.6 Å². The third-order valence-electron chi connectivity index (χ3n) is 2.19. The molecule has 1 aromatic rings. The van der Waals surface area contributed by atoms with Gasteiger partial charge < -0.3 is 10.6 Å². The summed E-state index contributed by atoms with van der Waals surface area (Å²) in [5, 5.41) is 6.59. The first-order chi connectivity index (χ1) is 6.34. The van der Waals surface area contributed by atoms with E-state index in [1.54, 1.807) is 6.20 Å². The standard InChI is InChI=1S/C9H14N4/c1-7-2-5-11-9(12-7)13-8-3-4-10-6-8/h2,5,8,10H,3-4,6H2,1H3,(H,11,12,13)/t8-/m1/s1. The topological polar surface area (TPSA) is 49.8 Å². The van der Waals surface area contributed by atoms with Crippen LogP contribution in [0.3, 0.4) is 0 Å². The second-order valence-corrected chi connectivity index (χ2v) is 3.36. The normalized spacial score (nSPS) is 21.8. The lowest BCUT2D eigenvalue weighted by Crippen LogP contribution is -2.23. The summed E-state index contributed by atoms with van der Waals surface area (Å²) >= 11 is 0. The Bertz CT molecular complexity index is 281. The van der Waals surface area contributed by atoms with Crippen molar-refractivity contribution in [3.05, 3.63) is 18.0 Å². The molecule has 0 amide bonds. The van der Waals surface area contributed by atoms with E-state index >= 15 is 0 Å². The van der Waals surface area contributed by atoms with Crippen LogP contribution in [0.2, 0.25) is 0 Å². The van der Waals surface area contributed by atoms with Crippen LogP contribution in [-0.4, -0.2) is 29.1 Å². The summed E-state index contributed by atoms with van der Waals surface area (Å²) in [6.07, 6.45) is 2.93. The van der Waals surface area contributed by atoms with Gasteiger partial charge >= 0.3 is 0 Å². The summed E-state index contributed by atoms with van der Waals surface area (Å²) in [5.74, 6) is 0.744. The summed E-state index contributed by atoms with van der Waals surface area (Å²) < 4.78 is 0. The second kappa shape index (κ2) is 3.70. The highest BCUT2D eigenvalue weighted by atomic mass is 15.1. The monoisotopic (exact) mass is 178 g/mol. The zero-order valence-corrected chi connectivity index (χ0v) is 7.75. The van der Waals surface area contributed by atoms with Crippen molar-refractivity contribution in [3.63, 3.8) is 0 Å². The summed E-state index contributed by atoms with van der Waals surface area (Å²) in [4.78, 5) is 8.44. The van der Waals surface area contributed by atoms with Crippen LogP contribution in [0.1, 0.15) is 12.1 Å². The molecule has 13 heavy (non-hydrogen) atoms. The number of aromatic nitrogens is 2. The fourth-order valence-electron chi connectivity index (χ4n) is 1.48. The highest BCUT2D eigenvalue weighted by molar-refractivity contribution is 5.27. The van der Waals surface area contributed by atoms with Crippen molar-refractivity contribution in [2.45, 2.75) is 19.4 Å². The van der Waals surface area contributed by atoms with Gasteiger partial charge in [-0.15, -0.1) is 0 Å². The molecule has 0 saturated carbocycles. The van der Waals surface area contributed by atoms with Crippen LogP contribution >= 0.6 is 0 Å². The van der Waals surface area contributed by atoms with Gasteiger partial charge in [-0.25, -0.2) is 9.97 Å². The fourth-order valence-corrected chi connectivity index (χ4v) is 1.48. The number of hydrogen-bond donors (Lipinski definition) is 2. The first kappa shape index (κ1) is 8.44. The lowest BCUT2D eigenvalue weighted by atomic mass is 10.3. The van der Waals surface area contributed by atoms with Gasteiger partial charge in [0, 0.05) is 24.5 Å². The number of anilines is 1. The Labute approximate surface area is 77.8 Å². The van der Waals surface area contributed by atoms with Crippen LogP contribution in [0.4, 0.5) is 5.95 Å². The highest BCUT2D eigenvalue weighted by Crippen LogP contribution is 2.05. The minimum Gasteiger partial charge on any atom is -0.350 e. The van der Waals surface area contributed by atoms with E-state index in [0.29, 0.717) is 6.04 Å². The van der Waals surface area contributed by atoms with Gasteiger partial charge in [0.05, 0.1) is 0 Å². The molecule has 0 aliphatic carbocycles. The lowest BCUT2D eigenvalue weighted by Gasteiger charge is -2.10. The van der Waals surface area contributed by atoms with Crippen LogP contribution < -0.4 is 10.6 Å². The molecular weight excluding hydrogens is 164 g/mol. The Balaban J connectivity index is 2.00. The average molecular weight is 178 g/mol. The van der Waals surface area contributed by atoms with E-state index in [9.17, 15) is 0 Å². The molecule has 2 heterocycles. The molecule has 4 heteroatoms. The molecule has 2 N–H and O–H groups in total. The molecule has 0 spiro atoms. The van der Waals surface area contributed by atoms with Crippen molar-refractivity contribution < 1.29 is 0 Å². The van der Waals surface area contributed by atoms with Crippen molar-refractivity contribution in [2.75, 3.05) is 18.4 Å². The van der Waals surface area contributed by atoms with Gasteiger partial charge in [-0.3, -0.25) is 0 Å². The van der Waals surface area contributed by atoms with Gasteiger partial charge in [0.25, 0.3) is 0 Å². The molecule has 1 atom stereocenters. The molecule has 4 nitrogen and oxygen atoms in total. The lowest BCUT2D eigenvalue weighted by molar-refractivity contribution is 0.779. The molecule has 1 fully saturated rings. The molecular formula is C9H14N4. The van der Waals surface area contributed by atoms with E-state index in [1.807, 2.05) is 13.0 Å². The number of nitrogens with zero attached hydrogens (tertiary/aromatic N) is 2. The summed E-state index contributed by atoms with van der Waals surface area (Å²) in [7, 11) is 0. The zero-order valence-electron chi connectivity index (χ0n) is 7.75. The molecule has 0 bridgehead atoms. The molecule has 1 aliphatic rings. The SMILES string of the molecule is Cc1ccnc(N[C@@H]2CCNC2)n1. The fraction of sp³-hybridized carbons (Fsp3) is 0.556. The molecule has 70 valence electrons. The minimum absolute atomic E-state index is 0.488. The average Bonchev–Trinajstić information content (AvgIpc) is 2.57. The highest BCUT2D eigenvalue weighted by Gasteiger charge is 2.14. The van der Waals surface area contributed by atoms with Gasteiger partial charge in [0.2, 0.25) is 5.95 Å². The Hall–Kier alpha value is -1.16. The number of hydrogen-bond acceptors (Lipinski definition) is 4. The second-order valence-electron chi connectivity index (χ2n) is 3.36. The number of nitrogens with one attached hydrogen (secondary N) is 2. The Morgan fingerprint density at radius 3 is 3.23 bits per heavy atom. The number of rotatable bonds is 2. The maximum Gasteiger partial charge on any atom is 0.223 e. The summed E-state index contributed by atoms with van der Waals surface area (Å²) in [6, 6.07) is 2.39.